The quantitative estimate of drug-likeness (QED) is 0.290. The maximum Gasteiger partial charge on any atom is 0.277 e. The van der Waals surface area contributed by atoms with Crippen molar-refractivity contribution < 1.29 is 18.3 Å². The van der Waals surface area contributed by atoms with E-state index in [9.17, 15) is 18.4 Å². The molecule has 1 atom stereocenters. The molecular formula is C30H29ClF2N6O3. The van der Waals surface area contributed by atoms with E-state index in [1.807, 2.05) is 25.7 Å². The Kier molecular flexibility index (Phi) is 8.31. The van der Waals surface area contributed by atoms with Gasteiger partial charge in [-0.3, -0.25) is 24.1 Å². The molecule has 218 valence electrons. The Morgan fingerprint density at radius 3 is 2.64 bits per heavy atom. The minimum Gasteiger partial charge on any atom is -0.485 e. The van der Waals surface area contributed by atoms with Crippen molar-refractivity contribution in [2.45, 2.75) is 46.6 Å². The Labute approximate surface area is 246 Å². The number of pyridine rings is 3. The second-order valence-electron chi connectivity index (χ2n) is 10.6. The molecule has 4 aromatic heterocycles. The molecule has 1 aliphatic heterocycles. The maximum absolute atomic E-state index is 14.0. The van der Waals surface area contributed by atoms with Crippen LogP contribution in [0.15, 0.2) is 47.7 Å². The predicted octanol–water partition coefficient (Wildman–Crippen LogP) is 5.18. The first-order valence-corrected chi connectivity index (χ1v) is 13.8. The second-order valence-corrected chi connectivity index (χ2v) is 10.9. The zero-order valence-corrected chi connectivity index (χ0v) is 24.3. The van der Waals surface area contributed by atoms with Gasteiger partial charge in [-0.2, -0.15) is 0 Å². The van der Waals surface area contributed by atoms with Crippen LogP contribution in [0, 0.1) is 31.4 Å². The minimum absolute atomic E-state index is 0.0207. The predicted molar refractivity (Wildman–Crippen MR) is 153 cm³/mol. The summed E-state index contributed by atoms with van der Waals surface area (Å²) in [6, 6.07) is 5.78. The van der Waals surface area contributed by atoms with E-state index < -0.39 is 17.2 Å². The summed E-state index contributed by atoms with van der Waals surface area (Å²) in [5.41, 5.74) is 2.25. The molecule has 5 heterocycles. The number of rotatable bonds is 7. The number of hydrogen-bond acceptors (Lipinski definition) is 7. The highest BCUT2D eigenvalue weighted by molar-refractivity contribution is 6.31. The highest BCUT2D eigenvalue weighted by Gasteiger charge is 2.30. The third kappa shape index (κ3) is 5.87. The van der Waals surface area contributed by atoms with Gasteiger partial charge in [0.05, 0.1) is 23.3 Å². The third-order valence-electron chi connectivity index (χ3n) is 7.16. The lowest BCUT2D eigenvalue weighted by Gasteiger charge is -2.18. The van der Waals surface area contributed by atoms with Crippen LogP contribution in [0.2, 0.25) is 5.02 Å². The van der Waals surface area contributed by atoms with Crippen LogP contribution in [0.1, 0.15) is 49.0 Å². The molecule has 1 fully saturated rings. The van der Waals surface area contributed by atoms with Crippen molar-refractivity contribution in [3.8, 4) is 22.8 Å². The van der Waals surface area contributed by atoms with Crippen LogP contribution in [0.5, 0.6) is 5.75 Å². The van der Waals surface area contributed by atoms with E-state index in [1.54, 1.807) is 37.5 Å². The average molecular weight is 595 g/mol. The highest BCUT2D eigenvalue weighted by atomic mass is 35.5. The molecule has 1 amide bonds. The van der Waals surface area contributed by atoms with Crippen molar-refractivity contribution in [1.29, 1.82) is 0 Å². The van der Waals surface area contributed by atoms with Gasteiger partial charge in [-0.05, 0) is 38.0 Å². The third-order valence-corrected chi connectivity index (χ3v) is 7.51. The van der Waals surface area contributed by atoms with Crippen LogP contribution >= 0.6 is 11.6 Å². The standard InChI is InChI=1S/C30H29ClF2N6O3/c1-16(2)29(40)38-8-6-19(14-38)28-34-7-5-22(37-28)23-11-25(17(3)12-35-23)39-18(4)9-26(27(31)30(39)41)42-15-24-21(33)10-20(32)13-36-24/h5,7,9-13,16,19H,6,8,14-15H2,1-4H3. The molecule has 0 saturated carbocycles. The molecule has 42 heavy (non-hydrogen) atoms. The topological polar surface area (TPSA) is 103 Å². The molecule has 5 rings (SSSR count). The Morgan fingerprint density at radius 1 is 1.12 bits per heavy atom. The summed E-state index contributed by atoms with van der Waals surface area (Å²) in [6.07, 6.45) is 4.98. The molecule has 0 spiro atoms. The van der Waals surface area contributed by atoms with Gasteiger partial charge in [0.2, 0.25) is 5.91 Å². The zero-order chi connectivity index (χ0) is 30.1. The van der Waals surface area contributed by atoms with E-state index >= 15 is 0 Å². The van der Waals surface area contributed by atoms with Gasteiger partial charge >= 0.3 is 0 Å². The van der Waals surface area contributed by atoms with Crippen LogP contribution in [-0.2, 0) is 11.4 Å². The number of amides is 1. The number of carbonyl (C=O) groups excluding carboxylic acids is 1. The fourth-order valence-corrected chi connectivity index (χ4v) is 5.12. The zero-order valence-electron chi connectivity index (χ0n) is 23.6. The summed E-state index contributed by atoms with van der Waals surface area (Å²) in [4.78, 5) is 45.2. The number of halogens is 3. The summed E-state index contributed by atoms with van der Waals surface area (Å²) < 4.78 is 34.2. The van der Waals surface area contributed by atoms with Crippen molar-refractivity contribution in [1.82, 2.24) is 29.4 Å². The van der Waals surface area contributed by atoms with Gasteiger partial charge in [0.25, 0.3) is 5.56 Å². The molecule has 0 aromatic carbocycles. The Bertz CT molecular complexity index is 1730. The molecule has 1 saturated heterocycles. The summed E-state index contributed by atoms with van der Waals surface area (Å²) in [6.45, 7) is 8.21. The monoisotopic (exact) mass is 594 g/mol. The van der Waals surface area contributed by atoms with Gasteiger partial charge in [-0.1, -0.05) is 25.4 Å². The van der Waals surface area contributed by atoms with Crippen molar-refractivity contribution in [2.24, 2.45) is 5.92 Å². The molecule has 0 aliphatic carbocycles. The van der Waals surface area contributed by atoms with E-state index in [4.69, 9.17) is 21.3 Å². The van der Waals surface area contributed by atoms with Crippen LogP contribution < -0.4 is 10.3 Å². The van der Waals surface area contributed by atoms with Crippen LogP contribution in [0.4, 0.5) is 8.78 Å². The number of aryl methyl sites for hydroxylation is 2. The summed E-state index contributed by atoms with van der Waals surface area (Å²) in [5.74, 6) is -0.905. The molecule has 0 N–H and O–H groups in total. The smallest absolute Gasteiger partial charge is 0.277 e. The molecule has 0 radical (unpaired) electrons. The molecule has 0 bridgehead atoms. The summed E-state index contributed by atoms with van der Waals surface area (Å²) in [5, 5.41) is -0.202. The van der Waals surface area contributed by atoms with E-state index in [1.165, 1.54) is 4.57 Å². The van der Waals surface area contributed by atoms with Crippen molar-refractivity contribution in [3.63, 3.8) is 0 Å². The van der Waals surface area contributed by atoms with Gasteiger partial charge in [-0.25, -0.2) is 18.7 Å². The molecule has 9 nitrogen and oxygen atoms in total. The van der Waals surface area contributed by atoms with Crippen LogP contribution in [-0.4, -0.2) is 48.4 Å². The summed E-state index contributed by atoms with van der Waals surface area (Å²) >= 11 is 6.41. The first-order valence-electron chi connectivity index (χ1n) is 13.5. The number of aromatic nitrogens is 5. The van der Waals surface area contributed by atoms with Crippen LogP contribution in [0.3, 0.4) is 0 Å². The van der Waals surface area contributed by atoms with Crippen molar-refractivity contribution in [2.75, 3.05) is 13.1 Å². The average Bonchev–Trinajstić information content (AvgIpc) is 3.46. The van der Waals surface area contributed by atoms with Crippen molar-refractivity contribution >= 4 is 17.5 Å². The first-order chi connectivity index (χ1) is 20.0. The van der Waals surface area contributed by atoms with Gasteiger partial charge in [0.15, 0.2) is 5.82 Å². The fourth-order valence-electron chi connectivity index (χ4n) is 4.92. The van der Waals surface area contributed by atoms with E-state index in [-0.39, 0.29) is 40.8 Å². The van der Waals surface area contributed by atoms with Gasteiger partial charge < -0.3 is 9.64 Å². The normalized spacial score (nSPS) is 15.0. The molecule has 4 aromatic rings. The number of likely N-dealkylation sites (tertiary alicyclic amines) is 1. The largest absolute Gasteiger partial charge is 0.485 e. The number of carbonyl (C=O) groups is 1. The van der Waals surface area contributed by atoms with Crippen LogP contribution in [0.25, 0.3) is 17.1 Å². The lowest BCUT2D eigenvalue weighted by Crippen LogP contribution is -2.32. The Hall–Kier alpha value is -4.25. The number of nitrogens with zero attached hydrogens (tertiary/aromatic N) is 6. The minimum atomic E-state index is -0.863. The van der Waals surface area contributed by atoms with Gasteiger partial charge in [0, 0.05) is 55.1 Å². The fraction of sp³-hybridized carbons (Fsp3) is 0.333. The molecule has 1 unspecified atom stereocenters. The molecule has 12 heteroatoms. The molecule has 1 aliphatic rings. The van der Waals surface area contributed by atoms with E-state index in [0.29, 0.717) is 47.7 Å². The van der Waals surface area contributed by atoms with E-state index in [0.717, 1.165) is 18.2 Å². The van der Waals surface area contributed by atoms with Gasteiger partial charge in [0.1, 0.15) is 34.7 Å². The lowest BCUT2D eigenvalue weighted by molar-refractivity contribution is -0.133. The van der Waals surface area contributed by atoms with Crippen molar-refractivity contribution in [3.05, 3.63) is 92.6 Å². The lowest BCUT2D eigenvalue weighted by atomic mass is 10.1. The number of ether oxygens (including phenoxy) is 1. The summed E-state index contributed by atoms with van der Waals surface area (Å²) in [7, 11) is 0. The first kappa shape index (κ1) is 29.2. The Balaban J connectivity index is 1.43. The Morgan fingerprint density at radius 2 is 1.90 bits per heavy atom. The van der Waals surface area contributed by atoms with E-state index in [2.05, 4.69) is 15.0 Å². The SMILES string of the molecule is Cc1cnc(-c2ccnc(C3CCN(C(=O)C(C)C)C3)n2)cc1-n1c(C)cc(OCc2ncc(F)cc2F)c(Cl)c1=O. The number of hydrogen-bond donors (Lipinski definition) is 0. The van der Waals surface area contributed by atoms with Gasteiger partial charge in [-0.15, -0.1) is 0 Å². The second kappa shape index (κ2) is 11.9. The maximum atomic E-state index is 14.0. The molecular weight excluding hydrogens is 566 g/mol. The highest BCUT2D eigenvalue weighted by Crippen LogP contribution is 2.29.